The van der Waals surface area contributed by atoms with Crippen molar-refractivity contribution < 1.29 is 34.6 Å². The van der Waals surface area contributed by atoms with Crippen molar-refractivity contribution in [2.75, 3.05) is 93.0 Å². The topological polar surface area (TPSA) is 122 Å². The van der Waals surface area contributed by atoms with Crippen LogP contribution in [0.3, 0.4) is 0 Å². The van der Waals surface area contributed by atoms with Crippen molar-refractivity contribution in [3.63, 3.8) is 0 Å². The van der Waals surface area contributed by atoms with E-state index in [1.165, 1.54) is 0 Å². The molecule has 2 aliphatic carbocycles. The van der Waals surface area contributed by atoms with E-state index in [-0.39, 0.29) is 33.8 Å². The molecule has 4 N–H and O–H groups in total. The summed E-state index contributed by atoms with van der Waals surface area (Å²) in [6, 6.07) is 4.74. The van der Waals surface area contributed by atoms with E-state index in [0.717, 1.165) is 157 Å². The number of methoxy groups -OCH3 is 1. The molecule has 58 heavy (non-hydrogen) atoms. The fraction of sp³-hybridized carbons (Fsp3) is 0.745. The molecule has 326 valence electrons. The highest BCUT2D eigenvalue weighted by molar-refractivity contribution is 5.70. The first kappa shape index (κ1) is 44.9. The Bertz CT molecular complexity index is 1560. The summed E-state index contributed by atoms with van der Waals surface area (Å²) < 4.78 is 15.5. The molecule has 0 radical (unpaired) electrons. The largest absolute Gasteiger partial charge is 0.504 e. The van der Waals surface area contributed by atoms with Gasteiger partial charge in [-0.15, -0.1) is 0 Å². The van der Waals surface area contributed by atoms with Crippen LogP contribution in [-0.2, 0) is 43.5 Å². The molecule has 4 aliphatic heterocycles. The van der Waals surface area contributed by atoms with Gasteiger partial charge in [-0.25, -0.2) is 0 Å². The van der Waals surface area contributed by atoms with Crippen LogP contribution in [0.2, 0.25) is 0 Å². The van der Waals surface area contributed by atoms with E-state index >= 15 is 0 Å². The SMILES string of the molecule is CC(C)C.CC1(C)CC2(CC(C)(C)c3cc(O)c(O)c(CN4CCC(N5CCOCC5)CC4)c32)c2c1cc(O)c(O)c2CN1CCC(N2CCOCC2)CC1.COC. The van der Waals surface area contributed by atoms with Gasteiger partial charge in [0, 0.05) is 82.1 Å². The van der Waals surface area contributed by atoms with Gasteiger partial charge >= 0.3 is 0 Å². The minimum absolute atomic E-state index is 0.0119. The van der Waals surface area contributed by atoms with E-state index in [9.17, 15) is 20.4 Å². The lowest BCUT2D eigenvalue weighted by molar-refractivity contribution is 0.000115. The normalized spacial score (nSPS) is 23.9. The monoisotopic (exact) mass is 809 g/mol. The predicted molar refractivity (Wildman–Crippen MR) is 230 cm³/mol. The number of aromatic hydroxyl groups is 4. The molecule has 0 aromatic heterocycles. The summed E-state index contributed by atoms with van der Waals surface area (Å²) >= 11 is 0. The Morgan fingerprint density at radius 1 is 0.603 bits per heavy atom. The quantitative estimate of drug-likeness (QED) is 0.234. The second-order valence-electron chi connectivity index (χ2n) is 19.9. The molecule has 2 aromatic carbocycles. The van der Waals surface area contributed by atoms with Crippen LogP contribution in [0.5, 0.6) is 23.0 Å². The van der Waals surface area contributed by atoms with Gasteiger partial charge in [-0.05, 0) is 116 Å². The van der Waals surface area contributed by atoms with Gasteiger partial charge in [0.05, 0.1) is 26.4 Å². The number of piperidine rings is 2. The van der Waals surface area contributed by atoms with Gasteiger partial charge in [-0.3, -0.25) is 19.6 Å². The Hall–Kier alpha value is -2.64. The van der Waals surface area contributed by atoms with E-state index in [0.29, 0.717) is 25.2 Å². The van der Waals surface area contributed by atoms with Crippen LogP contribution in [0.4, 0.5) is 0 Å². The number of hydrogen-bond donors (Lipinski definition) is 4. The van der Waals surface area contributed by atoms with Gasteiger partial charge in [0.15, 0.2) is 23.0 Å². The van der Waals surface area contributed by atoms with Crippen LogP contribution >= 0.6 is 0 Å². The number of hydrogen-bond acceptors (Lipinski definition) is 11. The Balaban J connectivity index is 0.000000754. The van der Waals surface area contributed by atoms with E-state index in [4.69, 9.17) is 9.47 Å². The molecule has 4 saturated heterocycles. The van der Waals surface area contributed by atoms with Gasteiger partial charge in [0.2, 0.25) is 0 Å². The molecule has 0 amide bonds. The summed E-state index contributed by atoms with van der Waals surface area (Å²) in [5, 5.41) is 46.1. The van der Waals surface area contributed by atoms with Crippen molar-refractivity contribution in [3.8, 4) is 23.0 Å². The molecule has 0 saturated carbocycles. The van der Waals surface area contributed by atoms with E-state index in [2.05, 4.69) is 72.8 Å². The van der Waals surface area contributed by atoms with Crippen LogP contribution in [0.25, 0.3) is 0 Å². The number of ether oxygens (including phenoxy) is 3. The fourth-order valence-electron chi connectivity index (χ4n) is 11.4. The second-order valence-corrected chi connectivity index (χ2v) is 19.9. The fourth-order valence-corrected chi connectivity index (χ4v) is 11.4. The molecule has 4 heterocycles. The molecule has 1 spiro atoms. The van der Waals surface area contributed by atoms with E-state index in [1.54, 1.807) is 14.2 Å². The zero-order valence-electron chi connectivity index (χ0n) is 37.3. The molecular formula is C47H76N4O7. The number of rotatable bonds is 6. The van der Waals surface area contributed by atoms with Gasteiger partial charge in [-0.2, -0.15) is 0 Å². The van der Waals surface area contributed by atoms with Crippen LogP contribution in [0.15, 0.2) is 12.1 Å². The van der Waals surface area contributed by atoms with Gasteiger partial charge in [0.25, 0.3) is 0 Å². The van der Waals surface area contributed by atoms with Gasteiger partial charge in [0.1, 0.15) is 0 Å². The van der Waals surface area contributed by atoms with E-state index < -0.39 is 5.41 Å². The third kappa shape index (κ3) is 9.31. The lowest BCUT2D eigenvalue weighted by atomic mass is 9.70. The zero-order valence-corrected chi connectivity index (χ0v) is 37.3. The summed E-state index contributed by atoms with van der Waals surface area (Å²) in [6.45, 7) is 27.6. The van der Waals surface area contributed by atoms with Crippen LogP contribution in [0, 0.1) is 5.92 Å². The zero-order chi connectivity index (χ0) is 42.0. The Morgan fingerprint density at radius 3 is 1.22 bits per heavy atom. The highest BCUT2D eigenvalue weighted by Gasteiger charge is 2.59. The minimum atomic E-state index is -0.489. The van der Waals surface area contributed by atoms with Crippen molar-refractivity contribution in [2.24, 2.45) is 5.92 Å². The number of nitrogens with zero attached hydrogens (tertiary/aromatic N) is 4. The average molecular weight is 809 g/mol. The summed E-state index contributed by atoms with van der Waals surface area (Å²) in [4.78, 5) is 10.1. The first-order valence-electron chi connectivity index (χ1n) is 22.2. The maximum Gasteiger partial charge on any atom is 0.162 e. The van der Waals surface area contributed by atoms with Crippen molar-refractivity contribution in [3.05, 3.63) is 45.5 Å². The Labute approximate surface area is 349 Å². The molecule has 0 bridgehead atoms. The highest BCUT2D eigenvalue weighted by Crippen LogP contribution is 2.67. The number of likely N-dealkylation sites (tertiary alicyclic amines) is 2. The van der Waals surface area contributed by atoms with Crippen LogP contribution in [0.1, 0.15) is 120 Å². The highest BCUT2D eigenvalue weighted by atomic mass is 16.5. The smallest absolute Gasteiger partial charge is 0.162 e. The lowest BCUT2D eigenvalue weighted by Crippen LogP contribution is -2.49. The van der Waals surface area contributed by atoms with Gasteiger partial charge < -0.3 is 34.6 Å². The standard InChI is InChI=1S/C41H60N4O6.C4H10.C2H6O/c1-39(2)25-41(35-29(37(48)33(46)21-31(35)39)23-42-9-5-27(6-10-42)44-13-17-50-18-14-44)26-40(3,4)32-22-34(47)38(49)30(36(32)41)24-43-11-7-28(8-12-43)45-15-19-51-20-16-45;1-4(2)3;1-3-2/h21-22,27-28,46-49H,5-20,23-26H2,1-4H3;4H,1-3H3;1-2H3. The molecule has 0 atom stereocenters. The first-order chi connectivity index (χ1) is 27.5. The third-order valence-corrected chi connectivity index (χ3v) is 13.7. The molecule has 6 aliphatic rings. The number of morpholine rings is 2. The van der Waals surface area contributed by atoms with Crippen molar-refractivity contribution >= 4 is 0 Å². The molecule has 0 unspecified atom stereocenters. The summed E-state index contributed by atoms with van der Waals surface area (Å²) in [5.74, 6) is 0.710. The first-order valence-corrected chi connectivity index (χ1v) is 22.2. The maximum absolute atomic E-state index is 11.8. The number of fused-ring (bicyclic) bond motifs is 4. The molecule has 4 fully saturated rings. The van der Waals surface area contributed by atoms with Crippen molar-refractivity contribution in [1.82, 2.24) is 19.6 Å². The molecule has 8 rings (SSSR count). The predicted octanol–water partition coefficient (Wildman–Crippen LogP) is 6.68. The lowest BCUT2D eigenvalue weighted by Gasteiger charge is -2.41. The molecule has 11 heteroatoms. The maximum atomic E-state index is 11.8. The van der Waals surface area contributed by atoms with Gasteiger partial charge in [-0.1, -0.05) is 48.5 Å². The molecule has 2 aromatic rings. The third-order valence-electron chi connectivity index (χ3n) is 13.7. The summed E-state index contributed by atoms with van der Waals surface area (Å²) in [7, 11) is 3.25. The Morgan fingerprint density at radius 2 is 0.914 bits per heavy atom. The summed E-state index contributed by atoms with van der Waals surface area (Å²) in [6.07, 6.45) is 5.91. The van der Waals surface area contributed by atoms with E-state index in [1.807, 2.05) is 12.1 Å². The molecule has 11 nitrogen and oxygen atoms in total. The number of benzene rings is 2. The Kier molecular flexibility index (Phi) is 14.4. The number of phenols is 4. The van der Waals surface area contributed by atoms with Crippen LogP contribution in [-0.4, -0.2) is 145 Å². The second kappa shape index (κ2) is 18.5. The van der Waals surface area contributed by atoms with Crippen LogP contribution < -0.4 is 0 Å². The molecular weight excluding hydrogens is 733 g/mol. The minimum Gasteiger partial charge on any atom is -0.504 e. The summed E-state index contributed by atoms with van der Waals surface area (Å²) in [5.41, 5.74) is 5.04. The van der Waals surface area contributed by atoms with Crippen molar-refractivity contribution in [1.29, 1.82) is 0 Å². The van der Waals surface area contributed by atoms with Crippen molar-refractivity contribution in [2.45, 2.75) is 128 Å². The number of phenolic OH excluding ortho intramolecular Hbond substituents is 4. The average Bonchev–Trinajstić information content (AvgIpc) is 3.54.